The highest BCUT2D eigenvalue weighted by Crippen LogP contribution is 2.18. The van der Waals surface area contributed by atoms with Gasteiger partial charge in [-0.3, -0.25) is 0 Å². The molecule has 1 aliphatic heterocycles. The van der Waals surface area contributed by atoms with E-state index < -0.39 is 0 Å². The zero-order chi connectivity index (χ0) is 11.2. The van der Waals surface area contributed by atoms with Crippen molar-refractivity contribution in [1.29, 1.82) is 0 Å². The Bertz CT molecular complexity index is 323. The van der Waals surface area contributed by atoms with Gasteiger partial charge in [-0.05, 0) is 29.9 Å². The number of thioether (sulfide) groups is 1. The summed E-state index contributed by atoms with van der Waals surface area (Å²) in [7, 11) is 0. The molecule has 1 fully saturated rings. The maximum absolute atomic E-state index is 5.36. The third kappa shape index (κ3) is 3.42. The number of ether oxygens (including phenoxy) is 1. The Balaban J connectivity index is 1.92. The van der Waals surface area contributed by atoms with Crippen LogP contribution in [0.15, 0.2) is 24.3 Å². The van der Waals surface area contributed by atoms with Gasteiger partial charge in [-0.1, -0.05) is 19.1 Å². The minimum absolute atomic E-state index is 0.495. The highest BCUT2D eigenvalue weighted by atomic mass is 32.2. The molecule has 2 rings (SSSR count). The van der Waals surface area contributed by atoms with E-state index in [4.69, 9.17) is 4.74 Å². The molecule has 88 valence electrons. The van der Waals surface area contributed by atoms with Gasteiger partial charge < -0.3 is 10.1 Å². The summed E-state index contributed by atoms with van der Waals surface area (Å²) < 4.78 is 5.36. The number of rotatable bonds is 5. The molecule has 1 aliphatic rings. The van der Waals surface area contributed by atoms with Gasteiger partial charge >= 0.3 is 0 Å². The Morgan fingerprint density at radius 3 is 3.19 bits per heavy atom. The lowest BCUT2D eigenvalue weighted by atomic mass is 10.2. The molecule has 1 aromatic rings. The Morgan fingerprint density at radius 1 is 1.50 bits per heavy atom. The Kier molecular flexibility index (Phi) is 4.55. The maximum Gasteiger partial charge on any atom is 0.0668 e. The number of hydrogen-bond acceptors (Lipinski definition) is 3. The first kappa shape index (κ1) is 11.8. The molecule has 0 saturated carbocycles. The molecule has 0 amide bonds. The van der Waals surface area contributed by atoms with Crippen molar-refractivity contribution in [3.05, 3.63) is 29.8 Å². The third-order valence-electron chi connectivity index (χ3n) is 2.70. The Hall–Kier alpha value is -0.670. The normalized spacial score (nSPS) is 19.9. The van der Waals surface area contributed by atoms with Crippen LogP contribution in [-0.2, 0) is 10.5 Å². The molecule has 1 saturated heterocycles. The molecule has 1 N–H and O–H groups in total. The maximum atomic E-state index is 5.36. The van der Waals surface area contributed by atoms with Gasteiger partial charge in [-0.2, -0.15) is 11.8 Å². The lowest BCUT2D eigenvalue weighted by Crippen LogP contribution is -2.18. The fourth-order valence-corrected chi connectivity index (χ4v) is 2.47. The van der Waals surface area contributed by atoms with Gasteiger partial charge in [0, 0.05) is 18.0 Å². The van der Waals surface area contributed by atoms with E-state index in [0.29, 0.717) is 6.04 Å². The SMILES string of the molecule is CCSCc1cccc(NC2CCOC2)c1. The molecule has 3 heteroatoms. The highest BCUT2D eigenvalue weighted by Gasteiger charge is 2.14. The predicted molar refractivity (Wildman–Crippen MR) is 71.1 cm³/mol. The van der Waals surface area contributed by atoms with Crippen molar-refractivity contribution in [3.63, 3.8) is 0 Å². The van der Waals surface area contributed by atoms with Crippen LogP contribution in [0.3, 0.4) is 0 Å². The van der Waals surface area contributed by atoms with Crippen LogP contribution in [0.5, 0.6) is 0 Å². The standard InChI is InChI=1S/C13H19NOS/c1-2-16-10-11-4-3-5-12(8-11)14-13-6-7-15-9-13/h3-5,8,13-14H,2,6-7,9-10H2,1H3. The van der Waals surface area contributed by atoms with Gasteiger partial charge in [-0.15, -0.1) is 0 Å². The van der Waals surface area contributed by atoms with Crippen LogP contribution in [0.2, 0.25) is 0 Å². The van der Waals surface area contributed by atoms with Gasteiger partial charge in [-0.25, -0.2) is 0 Å². The van der Waals surface area contributed by atoms with Gasteiger partial charge in [0.25, 0.3) is 0 Å². The van der Waals surface area contributed by atoms with Crippen LogP contribution in [0.25, 0.3) is 0 Å². The topological polar surface area (TPSA) is 21.3 Å². The number of nitrogens with one attached hydrogen (secondary N) is 1. The third-order valence-corrected chi connectivity index (χ3v) is 3.65. The van der Waals surface area contributed by atoms with E-state index in [1.54, 1.807) is 0 Å². The first-order chi connectivity index (χ1) is 7.88. The van der Waals surface area contributed by atoms with Crippen molar-refractivity contribution in [1.82, 2.24) is 0 Å². The molecule has 2 nitrogen and oxygen atoms in total. The van der Waals surface area contributed by atoms with E-state index in [9.17, 15) is 0 Å². The van der Waals surface area contributed by atoms with E-state index in [0.717, 1.165) is 25.4 Å². The molecule has 1 atom stereocenters. The van der Waals surface area contributed by atoms with E-state index in [2.05, 4.69) is 36.5 Å². The molecule has 1 aromatic carbocycles. The van der Waals surface area contributed by atoms with Gasteiger partial charge in [0.15, 0.2) is 0 Å². The summed E-state index contributed by atoms with van der Waals surface area (Å²) in [5.74, 6) is 2.28. The first-order valence-electron chi connectivity index (χ1n) is 5.89. The first-order valence-corrected chi connectivity index (χ1v) is 7.05. The second kappa shape index (κ2) is 6.16. The fraction of sp³-hybridized carbons (Fsp3) is 0.538. The van der Waals surface area contributed by atoms with Crippen molar-refractivity contribution in [3.8, 4) is 0 Å². The molecule has 1 heterocycles. The summed E-state index contributed by atoms with van der Waals surface area (Å²) in [6.45, 7) is 3.93. The van der Waals surface area contributed by atoms with Crippen molar-refractivity contribution in [2.75, 3.05) is 24.3 Å². The zero-order valence-electron chi connectivity index (χ0n) is 9.74. The summed E-state index contributed by atoms with van der Waals surface area (Å²) in [5.41, 5.74) is 2.63. The van der Waals surface area contributed by atoms with Crippen molar-refractivity contribution in [2.45, 2.75) is 25.1 Å². The summed E-state index contributed by atoms with van der Waals surface area (Å²) in [6, 6.07) is 9.20. The number of anilines is 1. The summed E-state index contributed by atoms with van der Waals surface area (Å²) >= 11 is 1.96. The van der Waals surface area contributed by atoms with Gasteiger partial charge in [0.05, 0.1) is 12.6 Å². The molecule has 1 unspecified atom stereocenters. The van der Waals surface area contributed by atoms with Crippen LogP contribution in [0.4, 0.5) is 5.69 Å². The molecule has 0 spiro atoms. The quantitative estimate of drug-likeness (QED) is 0.850. The van der Waals surface area contributed by atoms with Crippen LogP contribution < -0.4 is 5.32 Å². The fourth-order valence-electron chi connectivity index (χ4n) is 1.85. The van der Waals surface area contributed by atoms with Crippen molar-refractivity contribution < 1.29 is 4.74 Å². The van der Waals surface area contributed by atoms with Crippen molar-refractivity contribution >= 4 is 17.4 Å². The molecular weight excluding hydrogens is 218 g/mol. The van der Waals surface area contributed by atoms with E-state index in [1.165, 1.54) is 17.0 Å². The smallest absolute Gasteiger partial charge is 0.0668 e. The Labute approximate surface area is 102 Å². The number of hydrogen-bond donors (Lipinski definition) is 1. The van der Waals surface area contributed by atoms with Crippen LogP contribution in [0, 0.1) is 0 Å². The lowest BCUT2D eigenvalue weighted by molar-refractivity contribution is 0.195. The Morgan fingerprint density at radius 2 is 2.44 bits per heavy atom. The summed E-state index contributed by atoms with van der Waals surface area (Å²) in [4.78, 5) is 0. The minimum atomic E-state index is 0.495. The lowest BCUT2D eigenvalue weighted by Gasteiger charge is -2.13. The monoisotopic (exact) mass is 237 g/mol. The van der Waals surface area contributed by atoms with Crippen LogP contribution >= 0.6 is 11.8 Å². The zero-order valence-corrected chi connectivity index (χ0v) is 10.6. The molecule has 16 heavy (non-hydrogen) atoms. The molecule has 0 aliphatic carbocycles. The van der Waals surface area contributed by atoms with Crippen LogP contribution in [-0.4, -0.2) is 25.0 Å². The second-order valence-electron chi connectivity index (χ2n) is 4.04. The van der Waals surface area contributed by atoms with Gasteiger partial charge in [0.2, 0.25) is 0 Å². The molecular formula is C13H19NOS. The van der Waals surface area contributed by atoms with E-state index >= 15 is 0 Å². The van der Waals surface area contributed by atoms with E-state index in [-0.39, 0.29) is 0 Å². The van der Waals surface area contributed by atoms with Crippen molar-refractivity contribution in [2.24, 2.45) is 0 Å². The predicted octanol–water partition coefficient (Wildman–Crippen LogP) is 3.14. The molecule has 0 aromatic heterocycles. The minimum Gasteiger partial charge on any atom is -0.380 e. The number of benzene rings is 1. The van der Waals surface area contributed by atoms with E-state index in [1.807, 2.05) is 11.8 Å². The molecule has 0 radical (unpaired) electrons. The summed E-state index contributed by atoms with van der Waals surface area (Å²) in [5, 5.41) is 3.52. The largest absolute Gasteiger partial charge is 0.380 e. The highest BCUT2D eigenvalue weighted by molar-refractivity contribution is 7.98. The average Bonchev–Trinajstić information content (AvgIpc) is 2.80. The molecule has 0 bridgehead atoms. The second-order valence-corrected chi connectivity index (χ2v) is 5.32. The average molecular weight is 237 g/mol. The summed E-state index contributed by atoms with van der Waals surface area (Å²) in [6.07, 6.45) is 1.12. The van der Waals surface area contributed by atoms with Crippen LogP contribution in [0.1, 0.15) is 18.9 Å². The van der Waals surface area contributed by atoms with Gasteiger partial charge in [0.1, 0.15) is 0 Å².